The van der Waals surface area contributed by atoms with Crippen LogP contribution in [-0.4, -0.2) is 11.9 Å². The Morgan fingerprint density at radius 3 is 2.52 bits per heavy atom. The van der Waals surface area contributed by atoms with Crippen LogP contribution in [0.1, 0.15) is 36.6 Å². The lowest BCUT2D eigenvalue weighted by Crippen LogP contribution is -2.43. The average Bonchev–Trinajstić information content (AvgIpc) is 3.06. The van der Waals surface area contributed by atoms with E-state index in [0.29, 0.717) is 0 Å². The zero-order chi connectivity index (χ0) is 16.2. The molecule has 1 saturated heterocycles. The van der Waals surface area contributed by atoms with E-state index >= 15 is 0 Å². The van der Waals surface area contributed by atoms with Crippen molar-refractivity contribution >= 4 is 21.8 Å². The Bertz CT molecular complexity index is 660. The van der Waals surface area contributed by atoms with Crippen LogP contribution >= 0.6 is 15.9 Å². The highest BCUT2D eigenvalue weighted by molar-refractivity contribution is 9.10. The molecule has 3 N–H and O–H groups in total. The minimum atomic E-state index is -0.227. The molecular weight excluding hydrogens is 354 g/mol. The van der Waals surface area contributed by atoms with Gasteiger partial charge in [0.25, 0.3) is 0 Å². The van der Waals surface area contributed by atoms with E-state index in [0.717, 1.165) is 16.5 Å². The van der Waals surface area contributed by atoms with Gasteiger partial charge in [0.15, 0.2) is 0 Å². The number of carbonyl (C=O) groups excluding carboxylic acids is 1. The van der Waals surface area contributed by atoms with Crippen molar-refractivity contribution in [2.45, 2.75) is 31.5 Å². The highest BCUT2D eigenvalue weighted by Crippen LogP contribution is 2.24. The Morgan fingerprint density at radius 2 is 1.83 bits per heavy atom. The summed E-state index contributed by atoms with van der Waals surface area (Å²) in [7, 11) is 0. The number of benzene rings is 2. The van der Waals surface area contributed by atoms with Crippen molar-refractivity contribution in [1.29, 1.82) is 0 Å². The van der Waals surface area contributed by atoms with Gasteiger partial charge in [-0.3, -0.25) is 4.79 Å². The van der Waals surface area contributed by atoms with Crippen molar-refractivity contribution in [3.8, 4) is 0 Å². The summed E-state index contributed by atoms with van der Waals surface area (Å²) in [6.45, 7) is 2.00. The quantitative estimate of drug-likeness (QED) is 0.770. The van der Waals surface area contributed by atoms with Crippen LogP contribution in [0.2, 0.25) is 0 Å². The smallest absolute Gasteiger partial charge is 0.239 e. The van der Waals surface area contributed by atoms with E-state index in [9.17, 15) is 4.79 Å². The van der Waals surface area contributed by atoms with Gasteiger partial charge in [-0.15, -0.1) is 0 Å². The number of hydrazine groups is 1. The first-order valence-corrected chi connectivity index (χ1v) is 8.54. The number of hydrogen-bond acceptors (Lipinski definition) is 3. The molecule has 3 atom stereocenters. The fourth-order valence-electron chi connectivity index (χ4n) is 2.78. The Kier molecular flexibility index (Phi) is 5.10. The first kappa shape index (κ1) is 16.2. The van der Waals surface area contributed by atoms with Gasteiger partial charge in [0.05, 0.1) is 6.04 Å². The van der Waals surface area contributed by atoms with Gasteiger partial charge in [-0.1, -0.05) is 58.4 Å². The molecule has 0 bridgehead atoms. The summed E-state index contributed by atoms with van der Waals surface area (Å²) >= 11 is 3.44. The van der Waals surface area contributed by atoms with Crippen LogP contribution in [0.15, 0.2) is 59.1 Å². The number of rotatable bonds is 4. The number of hydrogen-bond donors (Lipinski definition) is 3. The van der Waals surface area contributed by atoms with E-state index in [2.05, 4.69) is 44.2 Å². The molecule has 0 aliphatic carbocycles. The molecule has 1 fully saturated rings. The van der Waals surface area contributed by atoms with Gasteiger partial charge in [-0.2, -0.15) is 0 Å². The van der Waals surface area contributed by atoms with Gasteiger partial charge >= 0.3 is 0 Å². The van der Waals surface area contributed by atoms with Gasteiger partial charge < -0.3 is 5.32 Å². The highest BCUT2D eigenvalue weighted by atomic mass is 79.9. The van der Waals surface area contributed by atoms with Gasteiger partial charge in [0.1, 0.15) is 6.04 Å². The molecule has 3 rings (SSSR count). The van der Waals surface area contributed by atoms with Gasteiger partial charge in [0.2, 0.25) is 5.91 Å². The van der Waals surface area contributed by atoms with E-state index in [-0.39, 0.29) is 24.0 Å². The Hall–Kier alpha value is -1.69. The van der Waals surface area contributed by atoms with Gasteiger partial charge in [-0.05, 0) is 36.6 Å². The van der Waals surface area contributed by atoms with Crippen LogP contribution in [0.3, 0.4) is 0 Å². The monoisotopic (exact) mass is 373 g/mol. The summed E-state index contributed by atoms with van der Waals surface area (Å²) < 4.78 is 1.05. The molecule has 2 aromatic carbocycles. The molecule has 0 radical (unpaired) electrons. The van der Waals surface area contributed by atoms with Crippen LogP contribution in [0.25, 0.3) is 0 Å². The van der Waals surface area contributed by atoms with E-state index < -0.39 is 0 Å². The lowest BCUT2D eigenvalue weighted by molar-refractivity contribution is -0.123. The van der Waals surface area contributed by atoms with E-state index in [4.69, 9.17) is 0 Å². The summed E-state index contributed by atoms with van der Waals surface area (Å²) in [6, 6.07) is 18.1. The van der Waals surface area contributed by atoms with Crippen molar-refractivity contribution in [3.05, 3.63) is 70.2 Å². The maximum Gasteiger partial charge on any atom is 0.239 e. The molecular formula is C18H20BrN3O. The summed E-state index contributed by atoms with van der Waals surface area (Å²) in [6.07, 6.45) is 0.731. The fourth-order valence-corrected chi connectivity index (χ4v) is 3.05. The maximum absolute atomic E-state index is 12.4. The zero-order valence-electron chi connectivity index (χ0n) is 12.9. The normalized spacial score (nSPS) is 21.8. The largest absolute Gasteiger partial charge is 0.348 e. The molecule has 120 valence electrons. The minimum absolute atomic E-state index is 0.00256. The molecule has 5 heteroatoms. The summed E-state index contributed by atoms with van der Waals surface area (Å²) in [5.74, 6) is 0.0217. The average molecular weight is 374 g/mol. The van der Waals surface area contributed by atoms with Crippen molar-refractivity contribution < 1.29 is 4.79 Å². The lowest BCUT2D eigenvalue weighted by atomic mass is 10.0. The van der Waals surface area contributed by atoms with E-state index in [1.54, 1.807) is 0 Å². The first-order chi connectivity index (χ1) is 11.1. The van der Waals surface area contributed by atoms with Gasteiger partial charge in [-0.25, -0.2) is 10.9 Å². The SMILES string of the molecule is CC(NC(=O)C1CC(c2ccc(Br)cc2)NN1)c1ccccc1. The third kappa shape index (κ3) is 3.99. The number of amides is 1. The highest BCUT2D eigenvalue weighted by Gasteiger charge is 2.30. The summed E-state index contributed by atoms with van der Waals surface area (Å²) in [5.41, 5.74) is 8.59. The first-order valence-electron chi connectivity index (χ1n) is 7.75. The van der Waals surface area contributed by atoms with Crippen LogP contribution in [-0.2, 0) is 4.79 Å². The van der Waals surface area contributed by atoms with Crippen molar-refractivity contribution in [2.24, 2.45) is 0 Å². The third-order valence-corrected chi connectivity index (χ3v) is 4.68. The Morgan fingerprint density at radius 1 is 1.13 bits per heavy atom. The predicted molar refractivity (Wildman–Crippen MR) is 94.6 cm³/mol. The second kappa shape index (κ2) is 7.25. The molecule has 1 aliphatic rings. The fraction of sp³-hybridized carbons (Fsp3) is 0.278. The minimum Gasteiger partial charge on any atom is -0.348 e. The molecule has 0 spiro atoms. The number of nitrogens with one attached hydrogen (secondary N) is 3. The molecule has 1 amide bonds. The van der Waals surface area contributed by atoms with Gasteiger partial charge in [0, 0.05) is 10.5 Å². The zero-order valence-corrected chi connectivity index (χ0v) is 14.5. The third-order valence-electron chi connectivity index (χ3n) is 4.15. The standard InChI is InChI=1S/C18H20BrN3O/c1-12(13-5-3-2-4-6-13)20-18(23)17-11-16(21-22-17)14-7-9-15(19)10-8-14/h2-10,12,16-17,21-22H,11H2,1H3,(H,20,23). The number of carbonyl (C=O) groups is 1. The van der Waals surface area contributed by atoms with Crippen molar-refractivity contribution in [3.63, 3.8) is 0 Å². The lowest BCUT2D eigenvalue weighted by Gasteiger charge is -2.17. The van der Waals surface area contributed by atoms with Crippen molar-refractivity contribution in [1.82, 2.24) is 16.2 Å². The molecule has 3 unspecified atom stereocenters. The molecule has 4 nitrogen and oxygen atoms in total. The summed E-state index contributed by atoms with van der Waals surface area (Å²) in [4.78, 5) is 12.4. The van der Waals surface area contributed by atoms with E-state index in [1.807, 2.05) is 49.4 Å². The maximum atomic E-state index is 12.4. The van der Waals surface area contributed by atoms with E-state index in [1.165, 1.54) is 5.56 Å². The Labute approximate surface area is 144 Å². The second-order valence-corrected chi connectivity index (χ2v) is 6.74. The van der Waals surface area contributed by atoms with Crippen LogP contribution < -0.4 is 16.2 Å². The van der Waals surface area contributed by atoms with Crippen molar-refractivity contribution in [2.75, 3.05) is 0 Å². The second-order valence-electron chi connectivity index (χ2n) is 5.82. The van der Waals surface area contributed by atoms with Crippen LogP contribution in [0, 0.1) is 0 Å². The molecule has 2 aromatic rings. The molecule has 0 saturated carbocycles. The molecule has 1 heterocycles. The van der Waals surface area contributed by atoms with Crippen LogP contribution in [0.5, 0.6) is 0 Å². The van der Waals surface area contributed by atoms with Crippen LogP contribution in [0.4, 0.5) is 0 Å². The topological polar surface area (TPSA) is 53.2 Å². The summed E-state index contributed by atoms with van der Waals surface area (Å²) in [5, 5.41) is 3.07. The Balaban J connectivity index is 1.58. The number of halogens is 1. The molecule has 1 aliphatic heterocycles. The predicted octanol–water partition coefficient (Wildman–Crippen LogP) is 3.23. The molecule has 0 aromatic heterocycles. The molecule has 23 heavy (non-hydrogen) atoms.